The number of hydrogen-bond acceptors (Lipinski definition) is 3. The number of rotatable bonds is 2. The number of benzene rings is 1. The first kappa shape index (κ1) is 10.6. The molecule has 1 aromatic carbocycles. The van der Waals surface area contributed by atoms with Crippen molar-refractivity contribution < 1.29 is 9.90 Å². The first-order valence-electron chi connectivity index (χ1n) is 4.65. The number of halogens is 1. The Morgan fingerprint density at radius 3 is 2.67 bits per heavy atom. The van der Waals surface area contributed by atoms with Crippen LogP contribution in [0.5, 0.6) is 0 Å². The number of carbonyl (C=O) groups is 1. The standard InChI is InChI=1S/C10H11BrN2O2/c11-7-3-1-6(2-4-7)8-5-12-13-9(8)10(14)15/h1-4,8-9,12-13H,5H2,(H,14,15). The Hall–Kier alpha value is -0.910. The third-order valence-electron chi connectivity index (χ3n) is 2.55. The zero-order valence-electron chi connectivity index (χ0n) is 7.90. The third-order valence-corrected chi connectivity index (χ3v) is 3.07. The van der Waals surface area contributed by atoms with E-state index in [1.165, 1.54) is 0 Å². The molecule has 5 heteroatoms. The lowest BCUT2D eigenvalue weighted by atomic mass is 9.93. The molecule has 15 heavy (non-hydrogen) atoms. The fourth-order valence-corrected chi connectivity index (χ4v) is 2.02. The summed E-state index contributed by atoms with van der Waals surface area (Å²) in [5.74, 6) is -0.844. The largest absolute Gasteiger partial charge is 0.480 e. The molecule has 1 aliphatic rings. The lowest BCUT2D eigenvalue weighted by Crippen LogP contribution is -2.37. The number of aliphatic carboxylic acids is 1. The molecule has 0 radical (unpaired) electrons. The Labute approximate surface area is 95.8 Å². The first-order valence-corrected chi connectivity index (χ1v) is 5.44. The maximum absolute atomic E-state index is 10.9. The van der Waals surface area contributed by atoms with Crippen LogP contribution < -0.4 is 10.9 Å². The van der Waals surface area contributed by atoms with E-state index in [2.05, 4.69) is 26.8 Å². The fraction of sp³-hybridized carbons (Fsp3) is 0.300. The van der Waals surface area contributed by atoms with Gasteiger partial charge in [-0.25, -0.2) is 5.43 Å². The van der Waals surface area contributed by atoms with Crippen LogP contribution in [0.2, 0.25) is 0 Å². The lowest BCUT2D eigenvalue weighted by molar-refractivity contribution is -0.139. The van der Waals surface area contributed by atoms with Gasteiger partial charge in [0.2, 0.25) is 0 Å². The van der Waals surface area contributed by atoms with Gasteiger partial charge in [0.15, 0.2) is 0 Å². The molecule has 3 N–H and O–H groups in total. The van der Waals surface area contributed by atoms with Crippen LogP contribution in [0.4, 0.5) is 0 Å². The van der Waals surface area contributed by atoms with Gasteiger partial charge in [0.25, 0.3) is 0 Å². The molecule has 1 aliphatic heterocycles. The fourth-order valence-electron chi connectivity index (χ4n) is 1.75. The maximum Gasteiger partial charge on any atom is 0.322 e. The first-order chi connectivity index (χ1) is 7.18. The van der Waals surface area contributed by atoms with Gasteiger partial charge in [0.1, 0.15) is 6.04 Å². The van der Waals surface area contributed by atoms with Gasteiger partial charge in [0, 0.05) is 16.9 Å². The molecular formula is C10H11BrN2O2. The van der Waals surface area contributed by atoms with Gasteiger partial charge in [-0.3, -0.25) is 10.2 Å². The minimum Gasteiger partial charge on any atom is -0.480 e. The van der Waals surface area contributed by atoms with Crippen molar-refractivity contribution in [1.29, 1.82) is 0 Å². The van der Waals surface area contributed by atoms with Gasteiger partial charge in [-0.05, 0) is 17.7 Å². The Morgan fingerprint density at radius 2 is 2.07 bits per heavy atom. The highest BCUT2D eigenvalue weighted by Crippen LogP contribution is 2.23. The highest BCUT2D eigenvalue weighted by molar-refractivity contribution is 9.10. The summed E-state index contributed by atoms with van der Waals surface area (Å²) in [7, 11) is 0. The van der Waals surface area contributed by atoms with Crippen LogP contribution in [0.25, 0.3) is 0 Å². The highest BCUT2D eigenvalue weighted by atomic mass is 79.9. The smallest absolute Gasteiger partial charge is 0.322 e. The van der Waals surface area contributed by atoms with Crippen molar-refractivity contribution >= 4 is 21.9 Å². The summed E-state index contributed by atoms with van der Waals surface area (Å²) in [5, 5.41) is 8.99. The van der Waals surface area contributed by atoms with Crippen molar-refractivity contribution in [3.63, 3.8) is 0 Å². The van der Waals surface area contributed by atoms with Crippen LogP contribution in [0, 0.1) is 0 Å². The second-order valence-electron chi connectivity index (χ2n) is 3.50. The molecular weight excluding hydrogens is 260 g/mol. The minimum atomic E-state index is -0.826. The highest BCUT2D eigenvalue weighted by Gasteiger charge is 2.33. The molecule has 0 amide bonds. The molecule has 0 aliphatic carbocycles. The van der Waals surface area contributed by atoms with E-state index in [1.54, 1.807) is 0 Å². The van der Waals surface area contributed by atoms with Crippen molar-refractivity contribution in [2.45, 2.75) is 12.0 Å². The molecule has 4 nitrogen and oxygen atoms in total. The van der Waals surface area contributed by atoms with Gasteiger partial charge < -0.3 is 5.11 Å². The molecule has 0 aromatic heterocycles. The van der Waals surface area contributed by atoms with Gasteiger partial charge in [-0.2, -0.15) is 0 Å². The number of carboxylic acids is 1. The Bertz CT molecular complexity index is 366. The summed E-state index contributed by atoms with van der Waals surface area (Å²) >= 11 is 3.35. The number of nitrogens with one attached hydrogen (secondary N) is 2. The molecule has 1 heterocycles. The number of carboxylic acid groups (broad SMARTS) is 1. The van der Waals surface area contributed by atoms with E-state index in [0.29, 0.717) is 6.54 Å². The Kier molecular flexibility index (Phi) is 3.04. The van der Waals surface area contributed by atoms with Gasteiger partial charge in [0.05, 0.1) is 0 Å². The molecule has 2 unspecified atom stereocenters. The Balaban J connectivity index is 2.22. The molecule has 2 rings (SSSR count). The summed E-state index contributed by atoms with van der Waals surface area (Å²) < 4.78 is 0.997. The van der Waals surface area contributed by atoms with Crippen LogP contribution in [0.3, 0.4) is 0 Å². The van der Waals surface area contributed by atoms with E-state index >= 15 is 0 Å². The summed E-state index contributed by atoms with van der Waals surface area (Å²) in [6, 6.07) is 7.18. The average Bonchev–Trinajstić information content (AvgIpc) is 2.67. The van der Waals surface area contributed by atoms with Crippen LogP contribution in [0.1, 0.15) is 11.5 Å². The average molecular weight is 271 g/mol. The van der Waals surface area contributed by atoms with Crippen molar-refractivity contribution in [2.24, 2.45) is 0 Å². The van der Waals surface area contributed by atoms with E-state index in [0.717, 1.165) is 10.0 Å². The quantitative estimate of drug-likeness (QED) is 0.753. The topological polar surface area (TPSA) is 61.4 Å². The molecule has 1 fully saturated rings. The van der Waals surface area contributed by atoms with Gasteiger partial charge in [-0.15, -0.1) is 0 Å². The van der Waals surface area contributed by atoms with Crippen molar-refractivity contribution in [1.82, 2.24) is 10.9 Å². The lowest BCUT2D eigenvalue weighted by Gasteiger charge is -2.14. The predicted octanol–water partition coefficient (Wildman–Crippen LogP) is 1.09. The molecule has 1 saturated heterocycles. The summed E-state index contributed by atoms with van der Waals surface area (Å²) in [4.78, 5) is 10.9. The molecule has 2 atom stereocenters. The number of hydrazine groups is 1. The van der Waals surface area contributed by atoms with E-state index in [1.807, 2.05) is 24.3 Å². The van der Waals surface area contributed by atoms with Gasteiger partial charge in [-0.1, -0.05) is 28.1 Å². The van der Waals surface area contributed by atoms with E-state index < -0.39 is 12.0 Å². The third kappa shape index (κ3) is 2.19. The zero-order chi connectivity index (χ0) is 10.8. The molecule has 0 saturated carbocycles. The molecule has 80 valence electrons. The zero-order valence-corrected chi connectivity index (χ0v) is 9.49. The van der Waals surface area contributed by atoms with Crippen molar-refractivity contribution in [3.8, 4) is 0 Å². The van der Waals surface area contributed by atoms with Crippen LogP contribution in [-0.2, 0) is 4.79 Å². The number of hydrogen-bond donors (Lipinski definition) is 3. The second kappa shape index (κ2) is 4.30. The van der Waals surface area contributed by atoms with Crippen LogP contribution in [-0.4, -0.2) is 23.7 Å². The van der Waals surface area contributed by atoms with Crippen molar-refractivity contribution in [3.05, 3.63) is 34.3 Å². The predicted molar refractivity (Wildman–Crippen MR) is 59.4 cm³/mol. The van der Waals surface area contributed by atoms with Crippen LogP contribution >= 0.6 is 15.9 Å². The van der Waals surface area contributed by atoms with E-state index in [-0.39, 0.29) is 5.92 Å². The normalized spacial score (nSPS) is 25.4. The minimum absolute atomic E-state index is 0.0180. The van der Waals surface area contributed by atoms with Crippen LogP contribution in [0.15, 0.2) is 28.7 Å². The monoisotopic (exact) mass is 270 g/mol. The summed E-state index contributed by atoms with van der Waals surface area (Å²) in [6.07, 6.45) is 0. The second-order valence-corrected chi connectivity index (χ2v) is 4.41. The Morgan fingerprint density at radius 1 is 1.40 bits per heavy atom. The van der Waals surface area contributed by atoms with E-state index in [9.17, 15) is 4.79 Å². The molecule has 0 bridgehead atoms. The maximum atomic E-state index is 10.9. The van der Waals surface area contributed by atoms with Gasteiger partial charge >= 0.3 is 5.97 Å². The molecule has 0 spiro atoms. The van der Waals surface area contributed by atoms with E-state index in [4.69, 9.17) is 5.11 Å². The summed E-state index contributed by atoms with van der Waals surface area (Å²) in [5.41, 5.74) is 6.66. The van der Waals surface area contributed by atoms with Crippen molar-refractivity contribution in [2.75, 3.05) is 6.54 Å². The summed E-state index contributed by atoms with van der Waals surface area (Å²) in [6.45, 7) is 0.637. The SMILES string of the molecule is O=C(O)C1NNCC1c1ccc(Br)cc1. The molecule has 1 aromatic rings.